The first-order valence-corrected chi connectivity index (χ1v) is 5.16. The number of imidazole rings is 1. The van der Waals surface area contributed by atoms with Crippen molar-refractivity contribution in [2.24, 2.45) is 0 Å². The SMILES string of the molecule is CNc1cc(C)nc(Cn2ccnc2C#N)n1. The Kier molecular flexibility index (Phi) is 3.01. The van der Waals surface area contributed by atoms with Crippen LogP contribution in [-0.4, -0.2) is 26.6 Å². The van der Waals surface area contributed by atoms with Gasteiger partial charge in [-0.25, -0.2) is 15.0 Å². The van der Waals surface area contributed by atoms with Crippen LogP contribution >= 0.6 is 0 Å². The van der Waals surface area contributed by atoms with Gasteiger partial charge in [-0.05, 0) is 6.92 Å². The molecule has 0 amide bonds. The van der Waals surface area contributed by atoms with Crippen LogP contribution in [0.3, 0.4) is 0 Å². The second-order valence-electron chi connectivity index (χ2n) is 3.55. The summed E-state index contributed by atoms with van der Waals surface area (Å²) in [5.74, 6) is 1.79. The normalized spacial score (nSPS) is 9.94. The van der Waals surface area contributed by atoms with E-state index in [1.165, 1.54) is 0 Å². The van der Waals surface area contributed by atoms with Crippen molar-refractivity contribution in [2.75, 3.05) is 12.4 Å². The van der Waals surface area contributed by atoms with Crippen LogP contribution in [0.15, 0.2) is 18.5 Å². The van der Waals surface area contributed by atoms with E-state index in [1.54, 1.807) is 17.0 Å². The minimum Gasteiger partial charge on any atom is -0.373 e. The first-order chi connectivity index (χ1) is 8.22. The van der Waals surface area contributed by atoms with Crippen LogP contribution in [0.25, 0.3) is 0 Å². The molecule has 0 aliphatic carbocycles. The predicted molar refractivity (Wildman–Crippen MR) is 62.4 cm³/mol. The maximum atomic E-state index is 8.85. The lowest BCUT2D eigenvalue weighted by atomic mass is 10.4. The van der Waals surface area contributed by atoms with E-state index in [1.807, 2.05) is 26.1 Å². The van der Waals surface area contributed by atoms with Gasteiger partial charge in [0.25, 0.3) is 0 Å². The maximum absolute atomic E-state index is 8.85. The highest BCUT2D eigenvalue weighted by Gasteiger charge is 2.06. The summed E-state index contributed by atoms with van der Waals surface area (Å²) in [6.45, 7) is 2.35. The number of aryl methyl sites for hydroxylation is 1. The summed E-state index contributed by atoms with van der Waals surface area (Å²) in [6, 6.07) is 3.88. The quantitative estimate of drug-likeness (QED) is 0.845. The number of aromatic nitrogens is 4. The molecule has 2 aromatic heterocycles. The molecule has 0 aliphatic heterocycles. The second-order valence-corrected chi connectivity index (χ2v) is 3.55. The van der Waals surface area contributed by atoms with E-state index in [0.717, 1.165) is 11.5 Å². The molecule has 0 saturated carbocycles. The molecule has 0 unspecified atom stereocenters. The summed E-state index contributed by atoms with van der Waals surface area (Å²) in [7, 11) is 1.81. The summed E-state index contributed by atoms with van der Waals surface area (Å²) in [5, 5.41) is 11.8. The van der Waals surface area contributed by atoms with Gasteiger partial charge in [0.1, 0.15) is 11.9 Å². The minimum absolute atomic E-state index is 0.362. The van der Waals surface area contributed by atoms with Gasteiger partial charge in [0.15, 0.2) is 5.82 Å². The average Bonchev–Trinajstić information content (AvgIpc) is 2.75. The monoisotopic (exact) mass is 228 g/mol. The van der Waals surface area contributed by atoms with Gasteiger partial charge in [-0.2, -0.15) is 5.26 Å². The Morgan fingerprint density at radius 3 is 3.00 bits per heavy atom. The molecular weight excluding hydrogens is 216 g/mol. The van der Waals surface area contributed by atoms with Crippen LogP contribution in [0.5, 0.6) is 0 Å². The molecule has 6 heteroatoms. The third-order valence-electron chi connectivity index (χ3n) is 2.28. The molecule has 0 bridgehead atoms. The van der Waals surface area contributed by atoms with E-state index in [0.29, 0.717) is 18.2 Å². The molecule has 0 aliphatic rings. The number of rotatable bonds is 3. The smallest absolute Gasteiger partial charge is 0.213 e. The molecule has 0 fully saturated rings. The standard InChI is InChI=1S/C11H12N6/c1-8-5-9(13-2)16-10(15-8)7-17-4-3-14-11(17)6-12/h3-5H,7H2,1-2H3,(H,13,15,16). The fraction of sp³-hybridized carbons (Fsp3) is 0.273. The first-order valence-electron chi connectivity index (χ1n) is 5.16. The zero-order valence-corrected chi connectivity index (χ0v) is 9.68. The van der Waals surface area contributed by atoms with Gasteiger partial charge in [0.05, 0.1) is 6.54 Å². The van der Waals surface area contributed by atoms with Gasteiger partial charge in [-0.3, -0.25) is 0 Å². The van der Waals surface area contributed by atoms with E-state index in [9.17, 15) is 0 Å². The van der Waals surface area contributed by atoms with Crippen molar-refractivity contribution in [1.29, 1.82) is 5.26 Å². The molecule has 86 valence electrons. The third-order valence-corrected chi connectivity index (χ3v) is 2.28. The van der Waals surface area contributed by atoms with Gasteiger partial charge in [0, 0.05) is 31.2 Å². The van der Waals surface area contributed by atoms with E-state index in [-0.39, 0.29) is 0 Å². The van der Waals surface area contributed by atoms with Crippen molar-refractivity contribution in [3.05, 3.63) is 35.8 Å². The topological polar surface area (TPSA) is 79.4 Å². The summed E-state index contributed by atoms with van der Waals surface area (Å²) >= 11 is 0. The van der Waals surface area contributed by atoms with Gasteiger partial charge >= 0.3 is 0 Å². The Bertz CT molecular complexity index is 566. The van der Waals surface area contributed by atoms with Gasteiger partial charge in [-0.15, -0.1) is 0 Å². The summed E-state index contributed by atoms with van der Waals surface area (Å²) in [6.07, 6.45) is 3.33. The highest BCUT2D eigenvalue weighted by Crippen LogP contribution is 2.07. The lowest BCUT2D eigenvalue weighted by Crippen LogP contribution is -2.08. The van der Waals surface area contributed by atoms with Crippen LogP contribution in [0, 0.1) is 18.3 Å². The van der Waals surface area contributed by atoms with Crippen LogP contribution in [-0.2, 0) is 6.54 Å². The Morgan fingerprint density at radius 2 is 2.29 bits per heavy atom. The van der Waals surface area contributed by atoms with E-state index < -0.39 is 0 Å². The van der Waals surface area contributed by atoms with Crippen molar-refractivity contribution in [3.8, 4) is 6.07 Å². The molecule has 2 aromatic rings. The Hall–Kier alpha value is -2.42. The van der Waals surface area contributed by atoms with Crippen molar-refractivity contribution >= 4 is 5.82 Å². The van der Waals surface area contributed by atoms with Gasteiger partial charge in [0.2, 0.25) is 5.82 Å². The lowest BCUT2D eigenvalue weighted by Gasteiger charge is -2.06. The van der Waals surface area contributed by atoms with Crippen molar-refractivity contribution < 1.29 is 0 Å². The summed E-state index contributed by atoms with van der Waals surface area (Å²) in [5.41, 5.74) is 0.887. The molecule has 0 radical (unpaired) electrons. The molecule has 1 N–H and O–H groups in total. The van der Waals surface area contributed by atoms with Crippen LogP contribution in [0.1, 0.15) is 17.3 Å². The Morgan fingerprint density at radius 1 is 1.47 bits per heavy atom. The predicted octanol–water partition coefficient (Wildman–Crippen LogP) is 0.943. The molecule has 0 aromatic carbocycles. The first kappa shape index (κ1) is 11.1. The number of nitriles is 1. The molecule has 0 saturated heterocycles. The summed E-state index contributed by atoms with van der Waals surface area (Å²) < 4.78 is 1.72. The van der Waals surface area contributed by atoms with E-state index >= 15 is 0 Å². The largest absolute Gasteiger partial charge is 0.373 e. The minimum atomic E-state index is 0.362. The molecule has 2 heterocycles. The number of hydrogen-bond donors (Lipinski definition) is 1. The van der Waals surface area contributed by atoms with Crippen LogP contribution in [0.4, 0.5) is 5.82 Å². The molecule has 2 rings (SSSR count). The molecular formula is C11H12N6. The third kappa shape index (κ3) is 2.39. The van der Waals surface area contributed by atoms with E-state index in [4.69, 9.17) is 5.26 Å². The van der Waals surface area contributed by atoms with Gasteiger partial charge < -0.3 is 9.88 Å². The second kappa shape index (κ2) is 4.61. The number of nitrogens with one attached hydrogen (secondary N) is 1. The van der Waals surface area contributed by atoms with E-state index in [2.05, 4.69) is 20.3 Å². The van der Waals surface area contributed by atoms with Crippen LogP contribution < -0.4 is 5.32 Å². The van der Waals surface area contributed by atoms with Gasteiger partial charge in [-0.1, -0.05) is 0 Å². The highest BCUT2D eigenvalue weighted by atomic mass is 15.1. The van der Waals surface area contributed by atoms with Crippen molar-refractivity contribution in [1.82, 2.24) is 19.5 Å². The Labute approximate surface area is 99.0 Å². The zero-order chi connectivity index (χ0) is 12.3. The molecule has 0 spiro atoms. The molecule has 17 heavy (non-hydrogen) atoms. The van der Waals surface area contributed by atoms with Crippen molar-refractivity contribution in [3.63, 3.8) is 0 Å². The average molecular weight is 228 g/mol. The van der Waals surface area contributed by atoms with Crippen molar-refractivity contribution in [2.45, 2.75) is 13.5 Å². The Balaban J connectivity index is 2.30. The fourth-order valence-corrected chi connectivity index (χ4v) is 1.53. The highest BCUT2D eigenvalue weighted by molar-refractivity contribution is 5.34. The lowest BCUT2D eigenvalue weighted by molar-refractivity contribution is 0.729. The molecule has 6 nitrogen and oxygen atoms in total. The van der Waals surface area contributed by atoms with Crippen LogP contribution in [0.2, 0.25) is 0 Å². The zero-order valence-electron chi connectivity index (χ0n) is 9.68. The fourth-order valence-electron chi connectivity index (χ4n) is 1.53. The number of anilines is 1. The number of nitrogens with zero attached hydrogens (tertiary/aromatic N) is 5. The molecule has 0 atom stereocenters. The maximum Gasteiger partial charge on any atom is 0.213 e. The summed E-state index contributed by atoms with van der Waals surface area (Å²) in [4.78, 5) is 12.6. The number of hydrogen-bond acceptors (Lipinski definition) is 5.